The molecule has 9 nitrogen and oxygen atoms in total. The lowest BCUT2D eigenvalue weighted by Crippen LogP contribution is -2.43. The van der Waals surface area contributed by atoms with Crippen molar-refractivity contribution in [2.45, 2.75) is 63.6 Å². The van der Waals surface area contributed by atoms with Gasteiger partial charge in [-0.1, -0.05) is 0 Å². The molecule has 10 heteroatoms. The highest BCUT2D eigenvalue weighted by Crippen LogP contribution is 2.25. The predicted molar refractivity (Wildman–Crippen MR) is 129 cm³/mol. The van der Waals surface area contributed by atoms with Crippen molar-refractivity contribution in [3.8, 4) is 11.3 Å². The van der Waals surface area contributed by atoms with Gasteiger partial charge in [0.15, 0.2) is 5.82 Å². The van der Waals surface area contributed by atoms with Crippen LogP contribution in [0.25, 0.3) is 11.3 Å². The van der Waals surface area contributed by atoms with Crippen LogP contribution >= 0.6 is 0 Å². The lowest BCUT2D eigenvalue weighted by molar-refractivity contribution is 0.0699. The molecule has 34 heavy (non-hydrogen) atoms. The summed E-state index contributed by atoms with van der Waals surface area (Å²) in [6.07, 6.45) is 8.95. The highest BCUT2D eigenvalue weighted by molar-refractivity contribution is 5.63. The fourth-order valence-corrected chi connectivity index (χ4v) is 4.71. The Labute approximate surface area is 200 Å². The maximum atomic E-state index is 14.6. The van der Waals surface area contributed by atoms with E-state index in [2.05, 4.69) is 43.0 Å². The van der Waals surface area contributed by atoms with E-state index in [1.54, 1.807) is 13.2 Å². The Morgan fingerprint density at radius 2 is 1.88 bits per heavy atom. The molecule has 4 rings (SSSR count). The second kappa shape index (κ2) is 12.3. The van der Waals surface area contributed by atoms with Crippen molar-refractivity contribution in [1.82, 2.24) is 25.5 Å². The molecule has 0 radical (unpaired) electrons. The monoisotopic (exact) mass is 473 g/mol. The summed E-state index contributed by atoms with van der Waals surface area (Å²) in [6.45, 7) is 5.24. The molecule has 3 heterocycles. The SMILES string of the molecule is COCC(C)NC1CCC(Nc2ncc(F)c(-c3cnnc(NCC4CCOCC4)c3)n2)CC1. The Balaban J connectivity index is 1.34. The number of rotatable bonds is 10. The van der Waals surface area contributed by atoms with Crippen LogP contribution in [0.5, 0.6) is 0 Å². The van der Waals surface area contributed by atoms with Crippen molar-refractivity contribution in [3.05, 3.63) is 24.3 Å². The number of ether oxygens (including phenoxy) is 2. The number of hydrogen-bond donors (Lipinski definition) is 3. The molecular weight excluding hydrogens is 437 g/mol. The minimum atomic E-state index is -0.478. The molecule has 1 saturated carbocycles. The molecule has 1 aliphatic carbocycles. The quantitative estimate of drug-likeness (QED) is 0.479. The molecule has 2 aliphatic rings. The maximum Gasteiger partial charge on any atom is 0.223 e. The molecule has 1 atom stereocenters. The molecular formula is C24H36FN7O2. The zero-order valence-corrected chi connectivity index (χ0v) is 20.1. The third-order valence-electron chi connectivity index (χ3n) is 6.58. The number of anilines is 2. The van der Waals surface area contributed by atoms with Gasteiger partial charge < -0.3 is 25.4 Å². The zero-order chi connectivity index (χ0) is 23.8. The zero-order valence-electron chi connectivity index (χ0n) is 20.1. The number of nitrogens with zero attached hydrogens (tertiary/aromatic N) is 4. The standard InChI is InChI=1S/C24H36FN7O2/c1-16(15-33-2)29-19-3-5-20(6-4-19)30-24-27-14-21(25)23(31-24)18-11-22(32-28-13-18)26-12-17-7-9-34-10-8-17/h11,13-14,16-17,19-20,29H,3-10,12,15H2,1-2H3,(H,26,32)(H,27,30,31). The largest absolute Gasteiger partial charge is 0.383 e. The van der Waals surface area contributed by atoms with Crippen LogP contribution in [0.3, 0.4) is 0 Å². The van der Waals surface area contributed by atoms with Crippen molar-refractivity contribution in [3.63, 3.8) is 0 Å². The second-order valence-corrected chi connectivity index (χ2v) is 9.37. The van der Waals surface area contributed by atoms with Crippen LogP contribution in [0.2, 0.25) is 0 Å². The summed E-state index contributed by atoms with van der Waals surface area (Å²) < 4.78 is 25.2. The van der Waals surface area contributed by atoms with Gasteiger partial charge in [0, 0.05) is 50.6 Å². The summed E-state index contributed by atoms with van der Waals surface area (Å²) in [7, 11) is 1.72. The first kappa shape index (κ1) is 24.7. The van der Waals surface area contributed by atoms with Gasteiger partial charge >= 0.3 is 0 Å². The van der Waals surface area contributed by atoms with Gasteiger partial charge in [-0.05, 0) is 57.4 Å². The third kappa shape index (κ3) is 7.04. The van der Waals surface area contributed by atoms with Crippen molar-refractivity contribution in [1.29, 1.82) is 0 Å². The van der Waals surface area contributed by atoms with Crippen molar-refractivity contribution in [2.75, 3.05) is 44.1 Å². The molecule has 0 spiro atoms. The van der Waals surface area contributed by atoms with E-state index in [4.69, 9.17) is 9.47 Å². The molecule has 0 amide bonds. The molecule has 2 fully saturated rings. The summed E-state index contributed by atoms with van der Waals surface area (Å²) in [4.78, 5) is 8.66. The van der Waals surface area contributed by atoms with Gasteiger partial charge in [0.2, 0.25) is 5.95 Å². The summed E-state index contributed by atoms with van der Waals surface area (Å²) in [5.74, 6) is 1.12. The molecule has 0 aromatic carbocycles. The van der Waals surface area contributed by atoms with Gasteiger partial charge in [-0.2, -0.15) is 5.10 Å². The number of aromatic nitrogens is 4. The third-order valence-corrected chi connectivity index (χ3v) is 6.58. The van der Waals surface area contributed by atoms with Crippen LogP contribution < -0.4 is 16.0 Å². The molecule has 186 valence electrons. The summed E-state index contributed by atoms with van der Waals surface area (Å²) >= 11 is 0. The molecule has 0 bridgehead atoms. The van der Waals surface area contributed by atoms with E-state index in [0.29, 0.717) is 41.9 Å². The molecule has 1 unspecified atom stereocenters. The number of halogens is 1. The van der Waals surface area contributed by atoms with Crippen LogP contribution in [0, 0.1) is 11.7 Å². The van der Waals surface area contributed by atoms with Gasteiger partial charge in [-0.25, -0.2) is 14.4 Å². The average Bonchev–Trinajstić information content (AvgIpc) is 2.86. The molecule has 3 N–H and O–H groups in total. The summed E-state index contributed by atoms with van der Waals surface area (Å²) in [6, 6.07) is 2.89. The van der Waals surface area contributed by atoms with E-state index in [0.717, 1.165) is 58.3 Å². The van der Waals surface area contributed by atoms with E-state index < -0.39 is 5.82 Å². The van der Waals surface area contributed by atoms with Crippen LogP contribution in [-0.2, 0) is 9.47 Å². The minimum absolute atomic E-state index is 0.227. The number of methoxy groups -OCH3 is 1. The normalized spacial score (nSPS) is 22.3. The lowest BCUT2D eigenvalue weighted by Gasteiger charge is -2.31. The topological polar surface area (TPSA) is 106 Å². The lowest BCUT2D eigenvalue weighted by atomic mass is 9.91. The van der Waals surface area contributed by atoms with Gasteiger partial charge in [0.05, 0.1) is 19.0 Å². The maximum absolute atomic E-state index is 14.6. The first-order valence-corrected chi connectivity index (χ1v) is 12.3. The summed E-state index contributed by atoms with van der Waals surface area (Å²) in [5.41, 5.74) is 0.803. The number of hydrogen-bond acceptors (Lipinski definition) is 9. The van der Waals surface area contributed by atoms with E-state index in [-0.39, 0.29) is 11.7 Å². The van der Waals surface area contributed by atoms with Gasteiger partial charge in [0.1, 0.15) is 11.5 Å². The average molecular weight is 474 g/mol. The van der Waals surface area contributed by atoms with E-state index >= 15 is 0 Å². The Bertz CT molecular complexity index is 905. The first-order valence-electron chi connectivity index (χ1n) is 12.3. The van der Waals surface area contributed by atoms with Crippen molar-refractivity contribution >= 4 is 11.8 Å². The van der Waals surface area contributed by atoms with E-state index in [1.165, 1.54) is 12.4 Å². The molecule has 1 aliphatic heterocycles. The smallest absolute Gasteiger partial charge is 0.223 e. The molecule has 1 saturated heterocycles. The minimum Gasteiger partial charge on any atom is -0.383 e. The fourth-order valence-electron chi connectivity index (χ4n) is 4.71. The first-order chi connectivity index (χ1) is 16.6. The van der Waals surface area contributed by atoms with Crippen LogP contribution in [-0.4, -0.2) is 71.8 Å². The van der Waals surface area contributed by atoms with Gasteiger partial charge in [0.25, 0.3) is 0 Å². The van der Waals surface area contributed by atoms with Crippen molar-refractivity contribution < 1.29 is 13.9 Å². The Kier molecular flexibility index (Phi) is 8.95. The second-order valence-electron chi connectivity index (χ2n) is 9.37. The van der Waals surface area contributed by atoms with Gasteiger partial charge in [-0.3, -0.25) is 0 Å². The fraction of sp³-hybridized carbons (Fsp3) is 0.667. The Morgan fingerprint density at radius 1 is 1.12 bits per heavy atom. The molecule has 2 aromatic heterocycles. The van der Waals surface area contributed by atoms with Crippen LogP contribution in [0.1, 0.15) is 45.4 Å². The van der Waals surface area contributed by atoms with Crippen LogP contribution in [0.4, 0.5) is 16.2 Å². The summed E-state index contributed by atoms with van der Waals surface area (Å²) in [5, 5.41) is 18.5. The van der Waals surface area contributed by atoms with Gasteiger partial charge in [-0.15, -0.1) is 5.10 Å². The Morgan fingerprint density at radius 3 is 2.65 bits per heavy atom. The predicted octanol–water partition coefficient (Wildman–Crippen LogP) is 3.26. The Hall–Kier alpha value is -2.43. The van der Waals surface area contributed by atoms with Crippen molar-refractivity contribution in [2.24, 2.45) is 5.92 Å². The highest BCUT2D eigenvalue weighted by Gasteiger charge is 2.23. The van der Waals surface area contributed by atoms with E-state index in [1.807, 2.05) is 0 Å². The highest BCUT2D eigenvalue weighted by atomic mass is 19.1. The van der Waals surface area contributed by atoms with Crippen LogP contribution in [0.15, 0.2) is 18.5 Å². The van der Waals surface area contributed by atoms with E-state index in [9.17, 15) is 4.39 Å². The molecule has 2 aromatic rings. The number of nitrogens with one attached hydrogen (secondary N) is 3.